The van der Waals surface area contributed by atoms with E-state index in [1.807, 2.05) is 72.2 Å². The number of hydrogen-bond donors (Lipinski definition) is 1. The molecule has 2 aromatic carbocycles. The molecule has 1 aliphatic rings. The smallest absolute Gasteiger partial charge is 0.274 e. The molecule has 0 saturated carbocycles. The standard InChI is InChI=1S/C26H24N4O2S/c31-25-24-22(18-29(28-24)14-13-19-8-3-1-4-9-19)30(26(32)23-12-7-15-33-23)17-21(27-25)16-20-10-5-2-6-11-20/h1-12,15,18,21H,13-14,16-17H2,(H,27,31). The van der Waals surface area contributed by atoms with Gasteiger partial charge < -0.3 is 10.2 Å². The molecule has 1 unspecified atom stereocenters. The molecule has 0 aliphatic carbocycles. The van der Waals surface area contributed by atoms with Gasteiger partial charge in [-0.25, -0.2) is 0 Å². The van der Waals surface area contributed by atoms with E-state index in [1.165, 1.54) is 16.9 Å². The van der Waals surface area contributed by atoms with Gasteiger partial charge in [-0.2, -0.15) is 5.10 Å². The monoisotopic (exact) mass is 456 g/mol. The van der Waals surface area contributed by atoms with E-state index in [0.717, 1.165) is 12.0 Å². The van der Waals surface area contributed by atoms with Crippen molar-refractivity contribution in [2.45, 2.75) is 25.4 Å². The lowest BCUT2D eigenvalue weighted by Gasteiger charge is -2.24. The van der Waals surface area contributed by atoms with Crippen LogP contribution in [0, 0.1) is 0 Å². The highest BCUT2D eigenvalue weighted by molar-refractivity contribution is 7.12. The van der Waals surface area contributed by atoms with Gasteiger partial charge in [0, 0.05) is 19.3 Å². The fourth-order valence-corrected chi connectivity index (χ4v) is 4.80. The summed E-state index contributed by atoms with van der Waals surface area (Å²) in [6, 6.07) is 23.6. The average molecular weight is 457 g/mol. The van der Waals surface area contributed by atoms with Crippen molar-refractivity contribution >= 4 is 28.8 Å². The van der Waals surface area contributed by atoms with Crippen molar-refractivity contribution in [3.8, 4) is 0 Å². The molecule has 6 nitrogen and oxygen atoms in total. The molecule has 4 aromatic rings. The highest BCUT2D eigenvalue weighted by Crippen LogP contribution is 2.27. The number of benzene rings is 2. The number of aryl methyl sites for hydroxylation is 2. The largest absolute Gasteiger partial charge is 0.346 e. The first-order valence-electron chi connectivity index (χ1n) is 11.0. The molecule has 0 fully saturated rings. The summed E-state index contributed by atoms with van der Waals surface area (Å²) in [7, 11) is 0. The van der Waals surface area contributed by atoms with E-state index in [-0.39, 0.29) is 17.9 Å². The average Bonchev–Trinajstić information content (AvgIpc) is 3.50. The summed E-state index contributed by atoms with van der Waals surface area (Å²) in [4.78, 5) is 28.9. The molecular weight excluding hydrogens is 432 g/mol. The van der Waals surface area contributed by atoms with Crippen LogP contribution < -0.4 is 10.2 Å². The Kier molecular flexibility index (Phi) is 6.04. The van der Waals surface area contributed by atoms with Gasteiger partial charge in [-0.15, -0.1) is 11.3 Å². The van der Waals surface area contributed by atoms with E-state index in [1.54, 1.807) is 9.58 Å². The maximum atomic E-state index is 13.4. The summed E-state index contributed by atoms with van der Waals surface area (Å²) in [6.45, 7) is 1.01. The number of carbonyl (C=O) groups is 2. The number of nitrogens with zero attached hydrogens (tertiary/aromatic N) is 3. The molecule has 0 saturated heterocycles. The molecule has 0 bridgehead atoms. The van der Waals surface area contributed by atoms with Gasteiger partial charge in [0.25, 0.3) is 11.8 Å². The number of amides is 2. The van der Waals surface area contributed by atoms with Gasteiger partial charge in [-0.3, -0.25) is 14.3 Å². The van der Waals surface area contributed by atoms with E-state index in [9.17, 15) is 9.59 Å². The topological polar surface area (TPSA) is 67.2 Å². The highest BCUT2D eigenvalue weighted by Gasteiger charge is 2.33. The SMILES string of the molecule is O=C1NC(Cc2ccccc2)CN(C(=O)c2cccs2)c2cn(CCc3ccccc3)nc21. The van der Waals surface area contributed by atoms with Crippen LogP contribution in [0.4, 0.5) is 5.69 Å². The molecule has 1 atom stereocenters. The number of aromatic nitrogens is 2. The predicted octanol–water partition coefficient (Wildman–Crippen LogP) is 4.19. The Labute approximate surface area is 196 Å². The third kappa shape index (κ3) is 4.73. The second kappa shape index (κ2) is 9.42. The third-order valence-electron chi connectivity index (χ3n) is 5.76. The lowest BCUT2D eigenvalue weighted by molar-refractivity contribution is 0.0930. The number of hydrogen-bond acceptors (Lipinski definition) is 4. The number of fused-ring (bicyclic) bond motifs is 1. The quantitative estimate of drug-likeness (QED) is 0.473. The molecule has 7 heteroatoms. The molecule has 2 aromatic heterocycles. The van der Waals surface area contributed by atoms with Crippen molar-refractivity contribution in [2.75, 3.05) is 11.4 Å². The van der Waals surface area contributed by atoms with Gasteiger partial charge in [-0.1, -0.05) is 66.7 Å². The second-order valence-electron chi connectivity index (χ2n) is 8.11. The van der Waals surface area contributed by atoms with Crippen LogP contribution in [0.3, 0.4) is 0 Å². The summed E-state index contributed by atoms with van der Waals surface area (Å²) in [6.07, 6.45) is 3.26. The number of anilines is 1. The minimum absolute atomic E-state index is 0.108. The lowest BCUT2D eigenvalue weighted by atomic mass is 10.1. The summed E-state index contributed by atoms with van der Waals surface area (Å²) < 4.78 is 1.77. The summed E-state index contributed by atoms with van der Waals surface area (Å²) in [5, 5.41) is 9.56. The van der Waals surface area contributed by atoms with Crippen molar-refractivity contribution in [1.29, 1.82) is 0 Å². The van der Waals surface area contributed by atoms with Crippen molar-refractivity contribution < 1.29 is 9.59 Å². The molecule has 3 heterocycles. The fourth-order valence-electron chi connectivity index (χ4n) is 4.13. The number of carbonyl (C=O) groups excluding carboxylic acids is 2. The number of thiophene rings is 1. The lowest BCUT2D eigenvalue weighted by Crippen LogP contribution is -2.44. The highest BCUT2D eigenvalue weighted by atomic mass is 32.1. The molecule has 166 valence electrons. The normalized spacial score (nSPS) is 15.6. The Morgan fingerprint density at radius 3 is 2.42 bits per heavy atom. The molecule has 2 amide bonds. The zero-order valence-electron chi connectivity index (χ0n) is 18.1. The maximum Gasteiger partial charge on any atom is 0.274 e. The first-order chi connectivity index (χ1) is 16.2. The molecule has 0 radical (unpaired) electrons. The van der Waals surface area contributed by atoms with Crippen LogP contribution in [0.5, 0.6) is 0 Å². The predicted molar refractivity (Wildman–Crippen MR) is 130 cm³/mol. The molecule has 33 heavy (non-hydrogen) atoms. The molecule has 0 spiro atoms. The minimum Gasteiger partial charge on any atom is -0.346 e. The van der Waals surface area contributed by atoms with Gasteiger partial charge in [0.2, 0.25) is 0 Å². The Hall–Kier alpha value is -3.71. The van der Waals surface area contributed by atoms with Crippen LogP contribution in [0.2, 0.25) is 0 Å². The zero-order valence-corrected chi connectivity index (χ0v) is 18.9. The van der Waals surface area contributed by atoms with Gasteiger partial charge >= 0.3 is 0 Å². The van der Waals surface area contributed by atoms with E-state index in [4.69, 9.17) is 0 Å². The summed E-state index contributed by atoms with van der Waals surface area (Å²) >= 11 is 1.40. The first-order valence-corrected chi connectivity index (χ1v) is 11.9. The first kappa shape index (κ1) is 21.2. The Morgan fingerprint density at radius 1 is 1.00 bits per heavy atom. The Bertz CT molecular complexity index is 1240. The van der Waals surface area contributed by atoms with Crippen LogP contribution >= 0.6 is 11.3 Å². The Morgan fingerprint density at radius 2 is 1.73 bits per heavy atom. The van der Waals surface area contributed by atoms with Crippen molar-refractivity contribution in [1.82, 2.24) is 15.1 Å². The van der Waals surface area contributed by atoms with Gasteiger partial charge in [0.15, 0.2) is 5.69 Å². The van der Waals surface area contributed by atoms with Crippen LogP contribution in [-0.2, 0) is 19.4 Å². The molecule has 1 aliphatic heterocycles. The molecule has 1 N–H and O–H groups in total. The van der Waals surface area contributed by atoms with Gasteiger partial charge in [-0.05, 0) is 35.4 Å². The van der Waals surface area contributed by atoms with Crippen molar-refractivity contribution in [3.63, 3.8) is 0 Å². The fraction of sp³-hybridized carbons (Fsp3) is 0.192. The van der Waals surface area contributed by atoms with E-state index >= 15 is 0 Å². The van der Waals surface area contributed by atoms with E-state index in [0.29, 0.717) is 35.8 Å². The number of nitrogens with one attached hydrogen (secondary N) is 1. The van der Waals surface area contributed by atoms with Gasteiger partial charge in [0.1, 0.15) is 0 Å². The Balaban J connectivity index is 1.44. The molecule has 5 rings (SSSR count). The maximum absolute atomic E-state index is 13.4. The zero-order chi connectivity index (χ0) is 22.6. The summed E-state index contributed by atoms with van der Waals surface area (Å²) in [5.74, 6) is -0.353. The number of rotatable bonds is 6. The van der Waals surface area contributed by atoms with Crippen LogP contribution in [0.1, 0.15) is 31.3 Å². The van der Waals surface area contributed by atoms with E-state index in [2.05, 4.69) is 22.5 Å². The van der Waals surface area contributed by atoms with Crippen LogP contribution in [-0.4, -0.2) is 34.2 Å². The summed E-state index contributed by atoms with van der Waals surface area (Å²) in [5.41, 5.74) is 3.17. The van der Waals surface area contributed by atoms with Crippen LogP contribution in [0.25, 0.3) is 0 Å². The minimum atomic E-state index is -0.245. The van der Waals surface area contributed by atoms with Crippen molar-refractivity contribution in [3.05, 3.63) is 106 Å². The molecular formula is C26H24N4O2S. The van der Waals surface area contributed by atoms with Gasteiger partial charge in [0.05, 0.1) is 16.6 Å². The third-order valence-corrected chi connectivity index (χ3v) is 6.62. The van der Waals surface area contributed by atoms with Crippen molar-refractivity contribution in [2.24, 2.45) is 0 Å². The van der Waals surface area contributed by atoms with Crippen LogP contribution in [0.15, 0.2) is 84.4 Å². The second-order valence-corrected chi connectivity index (χ2v) is 9.06. The van der Waals surface area contributed by atoms with E-state index < -0.39 is 0 Å².